The topological polar surface area (TPSA) is 32.7 Å². The first-order valence-electron chi connectivity index (χ1n) is 4.68. The number of aliphatic hydroxyl groups excluding tert-OH is 1. The van der Waals surface area contributed by atoms with E-state index < -0.39 is 6.29 Å². The molecule has 1 aliphatic rings. The van der Waals surface area contributed by atoms with Crippen LogP contribution in [0.2, 0.25) is 0 Å². The monoisotopic (exact) mass is 185 g/mol. The molecule has 1 fully saturated rings. The zero-order valence-electron chi connectivity index (χ0n) is 8.60. The lowest BCUT2D eigenvalue weighted by molar-refractivity contribution is -0.195. The van der Waals surface area contributed by atoms with Gasteiger partial charge >= 0.3 is 0 Å². The fourth-order valence-corrected chi connectivity index (χ4v) is 1.90. The minimum Gasteiger partial charge on any atom is -0.367 e. The van der Waals surface area contributed by atoms with Crippen molar-refractivity contribution in [2.75, 3.05) is 14.1 Å². The molecule has 1 aliphatic heterocycles. The normalized spacial score (nSPS) is 40.7. The summed E-state index contributed by atoms with van der Waals surface area (Å²) in [5.41, 5.74) is 0. The molecule has 0 aromatic rings. The third kappa shape index (κ3) is 2.30. The van der Waals surface area contributed by atoms with Crippen molar-refractivity contribution in [3.05, 3.63) is 12.7 Å². The van der Waals surface area contributed by atoms with E-state index in [0.717, 1.165) is 6.42 Å². The molecule has 1 rings (SSSR count). The van der Waals surface area contributed by atoms with Crippen LogP contribution >= 0.6 is 0 Å². The maximum Gasteiger partial charge on any atom is 0.162 e. The highest BCUT2D eigenvalue weighted by molar-refractivity contribution is 4.94. The predicted octanol–water partition coefficient (Wildman–Crippen LogP) is 0.846. The Morgan fingerprint density at radius 1 is 1.54 bits per heavy atom. The first-order chi connectivity index (χ1) is 6.06. The third-order valence-electron chi connectivity index (χ3n) is 2.65. The molecule has 0 spiro atoms. The Hall–Kier alpha value is -0.380. The summed E-state index contributed by atoms with van der Waals surface area (Å²) >= 11 is 0. The van der Waals surface area contributed by atoms with Gasteiger partial charge in [-0.2, -0.15) is 0 Å². The van der Waals surface area contributed by atoms with Crippen molar-refractivity contribution in [2.24, 2.45) is 5.92 Å². The van der Waals surface area contributed by atoms with Crippen LogP contribution in [-0.4, -0.2) is 42.5 Å². The van der Waals surface area contributed by atoms with Crippen LogP contribution in [0, 0.1) is 5.92 Å². The van der Waals surface area contributed by atoms with E-state index in [0.29, 0.717) is 6.04 Å². The number of hydrogen-bond acceptors (Lipinski definition) is 3. The smallest absolute Gasteiger partial charge is 0.162 e. The highest BCUT2D eigenvalue weighted by atomic mass is 16.6. The Morgan fingerprint density at radius 3 is 2.62 bits per heavy atom. The molecule has 0 aromatic heterocycles. The van der Waals surface area contributed by atoms with E-state index in [1.54, 1.807) is 6.08 Å². The van der Waals surface area contributed by atoms with Gasteiger partial charge in [-0.3, -0.25) is 0 Å². The lowest BCUT2D eigenvalue weighted by Gasteiger charge is -2.40. The predicted molar refractivity (Wildman–Crippen MR) is 52.3 cm³/mol. The fraction of sp³-hybridized carbons (Fsp3) is 0.800. The average molecular weight is 185 g/mol. The second-order valence-electron chi connectivity index (χ2n) is 3.92. The molecule has 0 aliphatic carbocycles. The van der Waals surface area contributed by atoms with Gasteiger partial charge in [-0.15, -0.1) is 6.58 Å². The molecule has 4 atom stereocenters. The van der Waals surface area contributed by atoms with Crippen molar-refractivity contribution in [2.45, 2.75) is 31.8 Å². The van der Waals surface area contributed by atoms with Gasteiger partial charge in [-0.1, -0.05) is 6.08 Å². The van der Waals surface area contributed by atoms with Crippen LogP contribution < -0.4 is 0 Å². The molecule has 4 unspecified atom stereocenters. The zero-order valence-corrected chi connectivity index (χ0v) is 8.60. The van der Waals surface area contributed by atoms with E-state index >= 15 is 0 Å². The van der Waals surface area contributed by atoms with Crippen LogP contribution in [0.1, 0.15) is 13.3 Å². The summed E-state index contributed by atoms with van der Waals surface area (Å²) in [5, 5.41) is 9.64. The standard InChI is InChI=1S/C10H19NO2/c1-5-8-9(11(3)4)6-7(2)13-10(8)12/h5,7-10,12H,1,6H2,2-4H3. The second-order valence-corrected chi connectivity index (χ2v) is 3.92. The SMILES string of the molecule is C=CC1C(O)OC(C)CC1N(C)C. The highest BCUT2D eigenvalue weighted by Gasteiger charge is 2.35. The quantitative estimate of drug-likeness (QED) is 0.647. The van der Waals surface area contributed by atoms with Crippen LogP contribution in [0.4, 0.5) is 0 Å². The van der Waals surface area contributed by atoms with E-state index in [4.69, 9.17) is 4.74 Å². The number of rotatable bonds is 2. The molecule has 3 heteroatoms. The highest BCUT2D eigenvalue weighted by Crippen LogP contribution is 2.27. The maximum absolute atomic E-state index is 9.64. The van der Waals surface area contributed by atoms with Crippen molar-refractivity contribution in [3.63, 3.8) is 0 Å². The van der Waals surface area contributed by atoms with Gasteiger partial charge in [-0.05, 0) is 27.4 Å². The van der Waals surface area contributed by atoms with Crippen LogP contribution in [0.3, 0.4) is 0 Å². The summed E-state index contributed by atoms with van der Waals surface area (Å²) in [7, 11) is 4.04. The zero-order chi connectivity index (χ0) is 10.0. The number of ether oxygens (including phenoxy) is 1. The molecule has 0 saturated carbocycles. The summed E-state index contributed by atoms with van der Waals surface area (Å²) in [6.45, 7) is 5.71. The van der Waals surface area contributed by atoms with Gasteiger partial charge < -0.3 is 14.7 Å². The van der Waals surface area contributed by atoms with Gasteiger partial charge in [-0.25, -0.2) is 0 Å². The van der Waals surface area contributed by atoms with E-state index in [1.165, 1.54) is 0 Å². The van der Waals surface area contributed by atoms with E-state index in [2.05, 4.69) is 11.5 Å². The minimum absolute atomic E-state index is 0.0196. The Labute approximate surface area is 80.0 Å². The molecule has 0 bridgehead atoms. The van der Waals surface area contributed by atoms with E-state index in [1.807, 2.05) is 21.0 Å². The molecule has 1 saturated heterocycles. The van der Waals surface area contributed by atoms with E-state index in [9.17, 15) is 5.11 Å². The van der Waals surface area contributed by atoms with Crippen molar-refractivity contribution in [1.29, 1.82) is 0 Å². The summed E-state index contributed by atoms with van der Waals surface area (Å²) in [4.78, 5) is 2.12. The number of nitrogens with zero attached hydrogens (tertiary/aromatic N) is 1. The molecular formula is C10H19NO2. The molecule has 3 nitrogen and oxygen atoms in total. The van der Waals surface area contributed by atoms with Gasteiger partial charge in [0.05, 0.1) is 6.10 Å². The molecule has 0 amide bonds. The van der Waals surface area contributed by atoms with Crippen molar-refractivity contribution in [3.8, 4) is 0 Å². The molecule has 0 radical (unpaired) electrons. The van der Waals surface area contributed by atoms with Crippen molar-refractivity contribution in [1.82, 2.24) is 4.90 Å². The van der Waals surface area contributed by atoms with Gasteiger partial charge in [0.1, 0.15) is 0 Å². The minimum atomic E-state index is -0.700. The van der Waals surface area contributed by atoms with Crippen LogP contribution in [0.5, 0.6) is 0 Å². The van der Waals surface area contributed by atoms with Crippen LogP contribution in [0.25, 0.3) is 0 Å². The molecular weight excluding hydrogens is 166 g/mol. The molecule has 1 N–H and O–H groups in total. The molecule has 0 aromatic carbocycles. The molecule has 1 heterocycles. The fourth-order valence-electron chi connectivity index (χ4n) is 1.90. The Bertz CT molecular complexity index is 182. The number of aliphatic hydroxyl groups is 1. The Kier molecular flexibility index (Phi) is 3.47. The van der Waals surface area contributed by atoms with Crippen molar-refractivity contribution < 1.29 is 9.84 Å². The maximum atomic E-state index is 9.64. The van der Waals surface area contributed by atoms with Gasteiger partial charge in [0.25, 0.3) is 0 Å². The molecule has 76 valence electrons. The Balaban J connectivity index is 2.71. The van der Waals surface area contributed by atoms with Crippen LogP contribution in [-0.2, 0) is 4.74 Å². The van der Waals surface area contributed by atoms with Gasteiger partial charge in [0, 0.05) is 12.0 Å². The third-order valence-corrected chi connectivity index (χ3v) is 2.65. The van der Waals surface area contributed by atoms with Gasteiger partial charge in [0.2, 0.25) is 0 Å². The van der Waals surface area contributed by atoms with Crippen LogP contribution in [0.15, 0.2) is 12.7 Å². The summed E-state index contributed by atoms with van der Waals surface area (Å²) in [6.07, 6.45) is 2.15. The second kappa shape index (κ2) is 4.22. The first kappa shape index (κ1) is 10.7. The van der Waals surface area contributed by atoms with E-state index in [-0.39, 0.29) is 12.0 Å². The summed E-state index contributed by atoms with van der Waals surface area (Å²) in [6, 6.07) is 0.330. The summed E-state index contributed by atoms with van der Waals surface area (Å²) in [5.74, 6) is 0.0196. The number of hydrogen-bond donors (Lipinski definition) is 1. The molecule has 13 heavy (non-hydrogen) atoms. The lowest BCUT2D eigenvalue weighted by atomic mass is 9.90. The summed E-state index contributed by atoms with van der Waals surface area (Å²) < 4.78 is 5.33. The average Bonchev–Trinajstić information content (AvgIpc) is 2.02. The largest absolute Gasteiger partial charge is 0.367 e. The van der Waals surface area contributed by atoms with Crippen molar-refractivity contribution >= 4 is 0 Å². The lowest BCUT2D eigenvalue weighted by Crippen LogP contribution is -2.48. The Morgan fingerprint density at radius 2 is 2.15 bits per heavy atom. The first-order valence-corrected chi connectivity index (χ1v) is 4.68. The van der Waals surface area contributed by atoms with Gasteiger partial charge in [0.15, 0.2) is 6.29 Å².